The summed E-state index contributed by atoms with van der Waals surface area (Å²) in [6.07, 6.45) is 0. The van der Waals surface area contributed by atoms with Crippen LogP contribution in [0.4, 0.5) is 0 Å². The summed E-state index contributed by atoms with van der Waals surface area (Å²) in [4.78, 5) is 0. The van der Waals surface area contributed by atoms with E-state index >= 15 is 0 Å². The van der Waals surface area contributed by atoms with Gasteiger partial charge < -0.3 is 4.42 Å². The first-order valence-electron chi connectivity index (χ1n) is 13.7. The monoisotopic (exact) mass is 516 g/mol. The summed E-state index contributed by atoms with van der Waals surface area (Å²) < 4.78 is 5.98. The van der Waals surface area contributed by atoms with Crippen LogP contribution in [-0.2, 0) is 0 Å². The highest BCUT2D eigenvalue weighted by Crippen LogP contribution is 2.38. The van der Waals surface area contributed by atoms with Gasteiger partial charge in [-0.3, -0.25) is 0 Å². The zero-order valence-corrected chi connectivity index (χ0v) is 22.5. The van der Waals surface area contributed by atoms with E-state index in [1.807, 2.05) is 6.07 Å². The van der Waals surface area contributed by atoms with E-state index in [-0.39, 0.29) is 5.92 Å². The molecule has 0 aliphatic carbocycles. The highest BCUT2D eigenvalue weighted by molar-refractivity contribution is 6.01. The third kappa shape index (κ3) is 4.36. The van der Waals surface area contributed by atoms with E-state index in [0.717, 1.165) is 16.7 Å². The van der Waals surface area contributed by atoms with Gasteiger partial charge in [0, 0.05) is 11.5 Å². The van der Waals surface area contributed by atoms with Gasteiger partial charge >= 0.3 is 0 Å². The molecule has 6 aromatic carbocycles. The number of hydrogen-bond donors (Lipinski definition) is 0. The Morgan fingerprint density at radius 1 is 0.475 bits per heavy atom. The summed E-state index contributed by atoms with van der Waals surface area (Å²) in [5.74, 6) is 1.38. The normalized spacial score (nSPS) is 11.5. The summed E-state index contributed by atoms with van der Waals surface area (Å²) in [6.45, 7) is 4.11. The second kappa shape index (κ2) is 9.94. The van der Waals surface area contributed by atoms with Crippen molar-refractivity contribution >= 4 is 21.5 Å². The molecule has 0 spiro atoms. The maximum absolute atomic E-state index is 5.98. The van der Waals surface area contributed by atoms with Crippen molar-refractivity contribution in [2.45, 2.75) is 19.8 Å². The second-order valence-electron chi connectivity index (χ2n) is 10.5. The quantitative estimate of drug-likeness (QED) is 0.228. The van der Waals surface area contributed by atoms with Gasteiger partial charge in [-0.15, -0.1) is 10.2 Å². The highest BCUT2D eigenvalue weighted by Gasteiger charge is 2.14. The van der Waals surface area contributed by atoms with Crippen LogP contribution in [-0.4, -0.2) is 10.2 Å². The molecule has 0 radical (unpaired) electrons. The smallest absolute Gasteiger partial charge is 0.247 e. The lowest BCUT2D eigenvalue weighted by Crippen LogP contribution is -1.89. The standard InChI is InChI=1S/C37H28N2O/c1-24(2)36-38-39-37(40-36)28-15-7-14-27(20-28)29-21-30(34-18-8-12-25-10-3-5-16-32(25)34)23-31(22-29)35-19-9-13-26-11-4-6-17-33(26)35/h3-24H,1-2H3. The van der Waals surface area contributed by atoms with Crippen LogP contribution in [0.2, 0.25) is 0 Å². The first kappa shape index (κ1) is 24.1. The molecule has 0 saturated carbocycles. The molecule has 0 saturated heterocycles. The fraction of sp³-hybridized carbons (Fsp3) is 0.0811. The molecule has 0 fully saturated rings. The predicted molar refractivity (Wildman–Crippen MR) is 165 cm³/mol. The third-order valence-electron chi connectivity index (χ3n) is 7.51. The van der Waals surface area contributed by atoms with Crippen molar-refractivity contribution in [3.05, 3.63) is 133 Å². The topological polar surface area (TPSA) is 38.9 Å². The van der Waals surface area contributed by atoms with Gasteiger partial charge in [-0.1, -0.05) is 111 Å². The minimum absolute atomic E-state index is 0.185. The van der Waals surface area contributed by atoms with Crippen molar-refractivity contribution in [1.29, 1.82) is 0 Å². The van der Waals surface area contributed by atoms with Gasteiger partial charge in [-0.25, -0.2) is 0 Å². The van der Waals surface area contributed by atoms with Crippen molar-refractivity contribution in [2.24, 2.45) is 0 Å². The Balaban J connectivity index is 1.45. The Morgan fingerprint density at radius 2 is 0.975 bits per heavy atom. The molecule has 0 aliphatic rings. The van der Waals surface area contributed by atoms with Gasteiger partial charge in [0.1, 0.15) is 0 Å². The molecule has 192 valence electrons. The van der Waals surface area contributed by atoms with Crippen LogP contribution in [0.5, 0.6) is 0 Å². The molecule has 0 atom stereocenters. The lowest BCUT2D eigenvalue weighted by molar-refractivity contribution is 0.481. The highest BCUT2D eigenvalue weighted by atomic mass is 16.4. The zero-order chi connectivity index (χ0) is 27.1. The molecule has 0 amide bonds. The maximum Gasteiger partial charge on any atom is 0.247 e. The average molecular weight is 517 g/mol. The molecule has 0 aliphatic heterocycles. The molecule has 3 nitrogen and oxygen atoms in total. The Bertz CT molecular complexity index is 1890. The van der Waals surface area contributed by atoms with E-state index in [2.05, 4.69) is 145 Å². The lowest BCUT2D eigenvalue weighted by atomic mass is 9.89. The zero-order valence-electron chi connectivity index (χ0n) is 22.5. The molecular formula is C37H28N2O. The van der Waals surface area contributed by atoms with Crippen molar-refractivity contribution in [3.63, 3.8) is 0 Å². The number of nitrogens with zero attached hydrogens (tertiary/aromatic N) is 2. The van der Waals surface area contributed by atoms with Gasteiger partial charge in [-0.05, 0) is 85.3 Å². The van der Waals surface area contributed by atoms with Crippen LogP contribution in [0.25, 0.3) is 66.4 Å². The molecule has 7 aromatic rings. The predicted octanol–water partition coefficient (Wildman–Crippen LogP) is 10.2. The molecule has 0 bridgehead atoms. The molecule has 1 heterocycles. The summed E-state index contributed by atoms with van der Waals surface area (Å²) in [6, 6.07) is 45.5. The van der Waals surface area contributed by atoms with Crippen LogP contribution in [0.15, 0.2) is 132 Å². The molecule has 7 rings (SSSR count). The molecule has 1 aromatic heterocycles. The fourth-order valence-corrected chi connectivity index (χ4v) is 5.48. The van der Waals surface area contributed by atoms with Crippen LogP contribution in [0.3, 0.4) is 0 Å². The van der Waals surface area contributed by atoms with Crippen molar-refractivity contribution in [3.8, 4) is 44.8 Å². The van der Waals surface area contributed by atoms with E-state index in [4.69, 9.17) is 4.42 Å². The van der Waals surface area contributed by atoms with Gasteiger partial charge in [0.05, 0.1) is 0 Å². The van der Waals surface area contributed by atoms with Gasteiger partial charge in [0.25, 0.3) is 0 Å². The largest absolute Gasteiger partial charge is 0.420 e. The Kier molecular flexibility index (Phi) is 5.98. The number of benzene rings is 6. The second-order valence-corrected chi connectivity index (χ2v) is 10.5. The van der Waals surface area contributed by atoms with Crippen LogP contribution in [0.1, 0.15) is 25.7 Å². The fourth-order valence-electron chi connectivity index (χ4n) is 5.48. The number of rotatable bonds is 5. The molecule has 3 heteroatoms. The first-order valence-corrected chi connectivity index (χ1v) is 13.7. The first-order chi connectivity index (χ1) is 19.6. The van der Waals surface area contributed by atoms with Gasteiger partial charge in [0.2, 0.25) is 11.8 Å². The molecular weight excluding hydrogens is 488 g/mol. The SMILES string of the molecule is CC(C)c1nnc(-c2cccc(-c3cc(-c4cccc5ccccc45)cc(-c4cccc5ccccc45)c3)c2)o1. The summed E-state index contributed by atoms with van der Waals surface area (Å²) in [5.41, 5.74) is 7.96. The van der Waals surface area contributed by atoms with E-state index in [9.17, 15) is 0 Å². The summed E-state index contributed by atoms with van der Waals surface area (Å²) in [5, 5.41) is 13.5. The Morgan fingerprint density at radius 3 is 1.57 bits per heavy atom. The Hall–Kier alpha value is -5.02. The van der Waals surface area contributed by atoms with E-state index in [1.165, 1.54) is 43.8 Å². The summed E-state index contributed by atoms with van der Waals surface area (Å²) in [7, 11) is 0. The number of hydrogen-bond acceptors (Lipinski definition) is 3. The average Bonchev–Trinajstić information content (AvgIpc) is 3.52. The lowest BCUT2D eigenvalue weighted by Gasteiger charge is -2.14. The Labute approximate surface area is 233 Å². The number of fused-ring (bicyclic) bond motifs is 2. The molecule has 0 unspecified atom stereocenters. The van der Waals surface area contributed by atoms with E-state index in [1.54, 1.807) is 0 Å². The minimum Gasteiger partial charge on any atom is -0.420 e. The third-order valence-corrected chi connectivity index (χ3v) is 7.51. The van der Waals surface area contributed by atoms with Crippen molar-refractivity contribution in [2.75, 3.05) is 0 Å². The van der Waals surface area contributed by atoms with Crippen molar-refractivity contribution in [1.82, 2.24) is 10.2 Å². The molecule has 40 heavy (non-hydrogen) atoms. The van der Waals surface area contributed by atoms with Crippen LogP contribution in [0, 0.1) is 0 Å². The van der Waals surface area contributed by atoms with E-state index < -0.39 is 0 Å². The summed E-state index contributed by atoms with van der Waals surface area (Å²) >= 11 is 0. The maximum atomic E-state index is 5.98. The van der Waals surface area contributed by atoms with Gasteiger partial charge in [0.15, 0.2) is 0 Å². The number of aromatic nitrogens is 2. The van der Waals surface area contributed by atoms with Gasteiger partial charge in [-0.2, -0.15) is 0 Å². The van der Waals surface area contributed by atoms with E-state index in [0.29, 0.717) is 11.8 Å². The van der Waals surface area contributed by atoms with Crippen molar-refractivity contribution < 1.29 is 4.42 Å². The van der Waals surface area contributed by atoms with Crippen LogP contribution >= 0.6 is 0 Å². The van der Waals surface area contributed by atoms with Crippen LogP contribution < -0.4 is 0 Å². The minimum atomic E-state index is 0.185. The molecule has 0 N–H and O–H groups in total.